The summed E-state index contributed by atoms with van der Waals surface area (Å²) in [4.78, 5) is 19.3. The molecule has 1 unspecified atom stereocenters. The fraction of sp³-hybridized carbons (Fsp3) is 0.333. The molecule has 2 aromatic carbocycles. The lowest BCUT2D eigenvalue weighted by molar-refractivity contribution is -0.120. The van der Waals surface area contributed by atoms with Gasteiger partial charge >= 0.3 is 0 Å². The third-order valence-electron chi connectivity index (χ3n) is 4.76. The van der Waals surface area contributed by atoms with Crippen molar-refractivity contribution in [1.82, 2.24) is 4.98 Å². The van der Waals surface area contributed by atoms with Crippen LogP contribution in [0.25, 0.3) is 10.2 Å². The van der Waals surface area contributed by atoms with Crippen LogP contribution in [0.15, 0.2) is 36.4 Å². The Bertz CT molecular complexity index is 1020. The van der Waals surface area contributed by atoms with Crippen LogP contribution >= 0.6 is 22.9 Å². The molecule has 8 heteroatoms. The molecule has 3 aromatic rings. The third kappa shape index (κ3) is 4.69. The van der Waals surface area contributed by atoms with Gasteiger partial charge in [0.15, 0.2) is 11.7 Å². The largest absolute Gasteiger partial charge is 0.484 e. The Morgan fingerprint density at radius 1 is 1.38 bits per heavy atom. The van der Waals surface area contributed by atoms with Crippen LogP contribution in [0, 0.1) is 12.7 Å². The number of benzene rings is 2. The molecule has 4 rings (SSSR count). The summed E-state index contributed by atoms with van der Waals surface area (Å²) in [6.45, 7) is 2.89. The molecule has 1 aliphatic rings. The van der Waals surface area contributed by atoms with Gasteiger partial charge in [0.1, 0.15) is 11.6 Å². The van der Waals surface area contributed by atoms with Crippen LogP contribution in [-0.2, 0) is 9.53 Å². The highest BCUT2D eigenvalue weighted by atomic mass is 35.5. The van der Waals surface area contributed by atoms with Crippen LogP contribution in [0.1, 0.15) is 18.4 Å². The lowest BCUT2D eigenvalue weighted by Gasteiger charge is -2.23. The Kier molecular flexibility index (Phi) is 5.99. The summed E-state index contributed by atoms with van der Waals surface area (Å²) in [7, 11) is 0. The van der Waals surface area contributed by atoms with Crippen LogP contribution in [0.4, 0.5) is 9.52 Å². The van der Waals surface area contributed by atoms with E-state index in [0.717, 1.165) is 28.6 Å². The SMILES string of the molecule is Cc1cc(Cl)cc2sc(N(CC3CCCO3)C(=O)COc3ccc(F)cc3)nc12. The predicted octanol–water partition coefficient (Wildman–Crippen LogP) is 4.99. The molecule has 2 heterocycles. The van der Waals surface area contributed by atoms with Crippen LogP contribution in [0.2, 0.25) is 5.02 Å². The fourth-order valence-corrected chi connectivity index (χ4v) is 4.74. The molecule has 1 aliphatic heterocycles. The standard InChI is InChI=1S/C21H20ClFN2O3S/c1-13-9-14(22)10-18-20(13)24-21(29-18)25(11-17-3-2-8-27-17)19(26)12-28-16-6-4-15(23)5-7-16/h4-7,9-10,17H,2-3,8,11-12H2,1H3. The topological polar surface area (TPSA) is 51.7 Å². The molecule has 0 bridgehead atoms. The molecule has 1 atom stereocenters. The van der Waals surface area contributed by atoms with Gasteiger partial charge in [-0.2, -0.15) is 0 Å². The average Bonchev–Trinajstić information content (AvgIpc) is 3.35. The molecule has 0 radical (unpaired) electrons. The molecule has 1 fully saturated rings. The van der Waals surface area contributed by atoms with E-state index in [9.17, 15) is 9.18 Å². The van der Waals surface area contributed by atoms with Gasteiger partial charge in [0.05, 0.1) is 22.9 Å². The molecule has 152 valence electrons. The number of hydrogen-bond donors (Lipinski definition) is 0. The summed E-state index contributed by atoms with van der Waals surface area (Å²) >= 11 is 7.59. The van der Waals surface area contributed by atoms with Crippen molar-refractivity contribution in [3.05, 3.63) is 52.8 Å². The first-order valence-electron chi connectivity index (χ1n) is 9.36. The highest BCUT2D eigenvalue weighted by Gasteiger charge is 2.26. The molecule has 0 N–H and O–H groups in total. The normalized spacial score (nSPS) is 16.3. The number of carbonyl (C=O) groups excluding carboxylic acids is 1. The third-order valence-corrected chi connectivity index (χ3v) is 6.00. The fourth-order valence-electron chi connectivity index (χ4n) is 3.29. The van der Waals surface area contributed by atoms with E-state index >= 15 is 0 Å². The maximum absolute atomic E-state index is 13.1. The minimum atomic E-state index is -0.354. The van der Waals surface area contributed by atoms with E-state index in [4.69, 9.17) is 21.1 Å². The molecule has 1 aromatic heterocycles. The maximum Gasteiger partial charge on any atom is 0.266 e. The number of amides is 1. The Morgan fingerprint density at radius 3 is 2.90 bits per heavy atom. The second-order valence-corrected chi connectivity index (χ2v) is 8.39. The first-order chi connectivity index (χ1) is 14.0. The molecule has 5 nitrogen and oxygen atoms in total. The summed E-state index contributed by atoms with van der Waals surface area (Å²) < 4.78 is 25.3. The number of nitrogens with zero attached hydrogens (tertiary/aromatic N) is 2. The van der Waals surface area contributed by atoms with E-state index in [2.05, 4.69) is 4.98 Å². The monoisotopic (exact) mass is 434 g/mol. The van der Waals surface area contributed by atoms with Gasteiger partial charge in [-0.05, 0) is 61.7 Å². The molecule has 1 amide bonds. The zero-order chi connectivity index (χ0) is 20.4. The van der Waals surface area contributed by atoms with Gasteiger partial charge in [-0.3, -0.25) is 9.69 Å². The molecule has 0 aliphatic carbocycles. The first-order valence-corrected chi connectivity index (χ1v) is 10.6. The summed E-state index contributed by atoms with van der Waals surface area (Å²) in [6.07, 6.45) is 1.85. The van der Waals surface area contributed by atoms with Gasteiger partial charge in [0.25, 0.3) is 5.91 Å². The predicted molar refractivity (Wildman–Crippen MR) is 113 cm³/mol. The van der Waals surface area contributed by atoms with Gasteiger partial charge in [-0.1, -0.05) is 22.9 Å². The highest BCUT2D eigenvalue weighted by Crippen LogP contribution is 2.33. The van der Waals surface area contributed by atoms with Crippen molar-refractivity contribution in [2.24, 2.45) is 0 Å². The minimum absolute atomic E-state index is 0.0264. The second kappa shape index (κ2) is 8.65. The van der Waals surface area contributed by atoms with Crippen LogP contribution in [-0.4, -0.2) is 36.8 Å². The Balaban J connectivity index is 1.57. The number of hydrogen-bond acceptors (Lipinski definition) is 5. The number of aryl methyl sites for hydroxylation is 1. The summed E-state index contributed by atoms with van der Waals surface area (Å²) in [5.74, 6) is -0.149. The van der Waals surface area contributed by atoms with E-state index in [-0.39, 0.29) is 24.4 Å². The van der Waals surface area contributed by atoms with Gasteiger partial charge in [0, 0.05) is 11.6 Å². The van der Waals surface area contributed by atoms with Crippen molar-refractivity contribution in [2.75, 3.05) is 24.7 Å². The van der Waals surface area contributed by atoms with Crippen LogP contribution in [0.3, 0.4) is 0 Å². The quantitative estimate of drug-likeness (QED) is 0.548. The van der Waals surface area contributed by atoms with Gasteiger partial charge in [-0.15, -0.1) is 0 Å². The van der Waals surface area contributed by atoms with Crippen molar-refractivity contribution >= 4 is 44.2 Å². The molecule has 0 saturated carbocycles. The molecular formula is C21H20ClFN2O3S. The zero-order valence-electron chi connectivity index (χ0n) is 15.9. The Labute approximate surface area is 177 Å². The summed E-state index contributed by atoms with van der Waals surface area (Å²) in [6, 6.07) is 9.30. The van der Waals surface area contributed by atoms with E-state index in [1.165, 1.54) is 35.6 Å². The Hall–Kier alpha value is -2.22. The van der Waals surface area contributed by atoms with Gasteiger partial charge in [-0.25, -0.2) is 9.37 Å². The van der Waals surface area contributed by atoms with Gasteiger partial charge < -0.3 is 9.47 Å². The van der Waals surface area contributed by atoms with E-state index in [1.807, 2.05) is 19.1 Å². The smallest absolute Gasteiger partial charge is 0.266 e. The number of anilines is 1. The molecule has 29 heavy (non-hydrogen) atoms. The van der Waals surface area contributed by atoms with Crippen molar-refractivity contribution in [3.8, 4) is 5.75 Å². The molecule has 0 spiro atoms. The average molecular weight is 435 g/mol. The minimum Gasteiger partial charge on any atom is -0.484 e. The first kappa shape index (κ1) is 20.1. The van der Waals surface area contributed by atoms with Crippen LogP contribution in [0.5, 0.6) is 5.75 Å². The zero-order valence-corrected chi connectivity index (χ0v) is 17.4. The number of halogens is 2. The Morgan fingerprint density at radius 2 is 2.17 bits per heavy atom. The highest BCUT2D eigenvalue weighted by molar-refractivity contribution is 7.22. The van der Waals surface area contributed by atoms with E-state index in [0.29, 0.717) is 29.1 Å². The number of aromatic nitrogens is 1. The van der Waals surface area contributed by atoms with Crippen LogP contribution < -0.4 is 9.64 Å². The summed E-state index contributed by atoms with van der Waals surface area (Å²) in [5, 5.41) is 1.23. The van der Waals surface area contributed by atoms with E-state index in [1.54, 1.807) is 4.90 Å². The lowest BCUT2D eigenvalue weighted by Crippen LogP contribution is -2.40. The number of fused-ring (bicyclic) bond motifs is 1. The van der Waals surface area contributed by atoms with Crippen molar-refractivity contribution in [2.45, 2.75) is 25.9 Å². The lowest BCUT2D eigenvalue weighted by atomic mass is 10.2. The number of thiazole rings is 1. The number of rotatable bonds is 6. The number of carbonyl (C=O) groups is 1. The molecular weight excluding hydrogens is 415 g/mol. The van der Waals surface area contributed by atoms with Gasteiger partial charge in [0.2, 0.25) is 0 Å². The number of ether oxygens (including phenoxy) is 2. The van der Waals surface area contributed by atoms with E-state index < -0.39 is 0 Å². The maximum atomic E-state index is 13.1. The van der Waals surface area contributed by atoms with Crippen molar-refractivity contribution in [3.63, 3.8) is 0 Å². The van der Waals surface area contributed by atoms with Crippen molar-refractivity contribution < 1.29 is 18.7 Å². The van der Waals surface area contributed by atoms with Crippen molar-refractivity contribution in [1.29, 1.82) is 0 Å². The molecule has 1 saturated heterocycles. The summed E-state index contributed by atoms with van der Waals surface area (Å²) in [5.41, 5.74) is 1.79. The second-order valence-electron chi connectivity index (χ2n) is 6.95.